The Morgan fingerprint density at radius 1 is 1.11 bits per heavy atom. The number of likely N-dealkylation sites (tertiary alicyclic amines) is 1. The van der Waals surface area contributed by atoms with Gasteiger partial charge < -0.3 is 14.2 Å². The van der Waals surface area contributed by atoms with Crippen molar-refractivity contribution >= 4 is 5.91 Å². The Hall–Kier alpha value is -3.15. The molecule has 1 aliphatic rings. The zero-order valence-electron chi connectivity index (χ0n) is 16.0. The normalized spacial score (nSPS) is 16.5. The molecule has 144 valence electrons. The second kappa shape index (κ2) is 7.84. The van der Waals surface area contributed by atoms with Gasteiger partial charge in [0.05, 0.1) is 6.54 Å². The van der Waals surface area contributed by atoms with E-state index in [4.69, 9.17) is 9.26 Å². The van der Waals surface area contributed by atoms with Crippen LogP contribution >= 0.6 is 0 Å². The number of benzene rings is 2. The van der Waals surface area contributed by atoms with Crippen molar-refractivity contribution in [2.24, 2.45) is 5.92 Å². The molecular formula is C22H23N3O3. The minimum Gasteiger partial charge on any atom is -0.489 e. The molecule has 28 heavy (non-hydrogen) atoms. The second-order valence-electron chi connectivity index (χ2n) is 7.28. The van der Waals surface area contributed by atoms with Crippen LogP contribution in [0.3, 0.4) is 0 Å². The molecule has 0 aliphatic carbocycles. The van der Waals surface area contributed by atoms with Crippen LogP contribution < -0.4 is 4.74 Å². The number of nitrogens with zero attached hydrogens (tertiary/aromatic N) is 3. The van der Waals surface area contributed by atoms with E-state index in [0.717, 1.165) is 29.8 Å². The maximum Gasteiger partial charge on any atom is 0.258 e. The van der Waals surface area contributed by atoms with Crippen LogP contribution in [0, 0.1) is 5.92 Å². The molecule has 0 spiro atoms. The van der Waals surface area contributed by atoms with Crippen LogP contribution in [-0.4, -0.2) is 40.1 Å². The number of ether oxygens (including phenoxy) is 1. The van der Waals surface area contributed by atoms with Crippen LogP contribution in [0.4, 0.5) is 0 Å². The van der Waals surface area contributed by atoms with Crippen molar-refractivity contribution < 1.29 is 14.1 Å². The van der Waals surface area contributed by atoms with Gasteiger partial charge in [-0.1, -0.05) is 37.2 Å². The van der Waals surface area contributed by atoms with Gasteiger partial charge in [0.2, 0.25) is 11.7 Å². The lowest BCUT2D eigenvalue weighted by molar-refractivity contribution is -0.133. The molecule has 1 aliphatic heterocycles. The molecule has 1 aromatic heterocycles. The van der Waals surface area contributed by atoms with Crippen molar-refractivity contribution in [2.75, 3.05) is 13.1 Å². The summed E-state index contributed by atoms with van der Waals surface area (Å²) in [4.78, 5) is 18.4. The monoisotopic (exact) mass is 377 g/mol. The maximum absolute atomic E-state index is 12.1. The molecule has 4 rings (SSSR count). The predicted octanol–water partition coefficient (Wildman–Crippen LogP) is 4.04. The smallest absolute Gasteiger partial charge is 0.258 e. The zero-order valence-corrected chi connectivity index (χ0v) is 16.0. The molecule has 6 heteroatoms. The van der Waals surface area contributed by atoms with Crippen molar-refractivity contribution in [3.8, 4) is 28.6 Å². The Kier molecular flexibility index (Phi) is 5.10. The number of rotatable bonds is 5. The van der Waals surface area contributed by atoms with E-state index in [9.17, 15) is 4.79 Å². The Morgan fingerprint density at radius 2 is 1.86 bits per heavy atom. The summed E-state index contributed by atoms with van der Waals surface area (Å²) >= 11 is 0. The van der Waals surface area contributed by atoms with Crippen molar-refractivity contribution in [1.29, 1.82) is 0 Å². The molecule has 1 fully saturated rings. The first-order chi connectivity index (χ1) is 13.6. The average molecular weight is 377 g/mol. The quantitative estimate of drug-likeness (QED) is 0.671. The van der Waals surface area contributed by atoms with Crippen LogP contribution in [-0.2, 0) is 4.79 Å². The van der Waals surface area contributed by atoms with Crippen LogP contribution in [0.25, 0.3) is 22.8 Å². The summed E-state index contributed by atoms with van der Waals surface area (Å²) in [6.45, 7) is 5.25. The van der Waals surface area contributed by atoms with E-state index in [2.05, 4.69) is 10.1 Å². The summed E-state index contributed by atoms with van der Waals surface area (Å²) in [5.41, 5.74) is 1.75. The standard InChI is InChI=1S/C22H23N3O3/c1-15(2)22(26)25-13-12-19(14-25)27-18-10-8-16(9-11-18)20-23-21(28-24-20)17-6-4-3-5-7-17/h3-11,15,19H,12-14H2,1-2H3. The fourth-order valence-corrected chi connectivity index (χ4v) is 3.30. The van der Waals surface area contributed by atoms with E-state index >= 15 is 0 Å². The van der Waals surface area contributed by atoms with Crippen LogP contribution in [0.1, 0.15) is 20.3 Å². The molecule has 1 atom stereocenters. The lowest BCUT2D eigenvalue weighted by atomic mass is 10.2. The van der Waals surface area contributed by atoms with E-state index in [1.54, 1.807) is 0 Å². The van der Waals surface area contributed by atoms with E-state index in [0.29, 0.717) is 18.3 Å². The lowest BCUT2D eigenvalue weighted by Gasteiger charge is -2.19. The van der Waals surface area contributed by atoms with Gasteiger partial charge in [-0.2, -0.15) is 4.98 Å². The third-order valence-electron chi connectivity index (χ3n) is 4.81. The first kappa shape index (κ1) is 18.2. The molecule has 1 saturated heterocycles. The first-order valence-corrected chi connectivity index (χ1v) is 9.55. The second-order valence-corrected chi connectivity index (χ2v) is 7.28. The largest absolute Gasteiger partial charge is 0.489 e. The predicted molar refractivity (Wildman–Crippen MR) is 106 cm³/mol. The van der Waals surface area contributed by atoms with Gasteiger partial charge in [-0.15, -0.1) is 0 Å². The Morgan fingerprint density at radius 3 is 2.57 bits per heavy atom. The molecule has 1 amide bonds. The Labute approximate surface area is 164 Å². The summed E-state index contributed by atoms with van der Waals surface area (Å²) < 4.78 is 11.4. The van der Waals surface area contributed by atoms with Gasteiger partial charge in [-0.3, -0.25) is 4.79 Å². The highest BCUT2D eigenvalue weighted by molar-refractivity contribution is 5.78. The number of hydrogen-bond acceptors (Lipinski definition) is 5. The molecule has 6 nitrogen and oxygen atoms in total. The number of carbonyl (C=O) groups excluding carboxylic acids is 1. The molecule has 0 N–H and O–H groups in total. The zero-order chi connectivity index (χ0) is 19.5. The van der Waals surface area contributed by atoms with Crippen molar-refractivity contribution in [2.45, 2.75) is 26.4 Å². The number of amides is 1. The van der Waals surface area contributed by atoms with Crippen molar-refractivity contribution in [3.05, 3.63) is 54.6 Å². The maximum atomic E-state index is 12.1. The average Bonchev–Trinajstić information content (AvgIpc) is 3.39. The molecule has 0 radical (unpaired) electrons. The van der Waals surface area contributed by atoms with Gasteiger partial charge in [0.1, 0.15) is 11.9 Å². The molecular weight excluding hydrogens is 354 g/mol. The highest BCUT2D eigenvalue weighted by Gasteiger charge is 2.28. The Bertz CT molecular complexity index is 935. The third-order valence-corrected chi connectivity index (χ3v) is 4.81. The van der Waals surface area contributed by atoms with E-state index < -0.39 is 0 Å². The summed E-state index contributed by atoms with van der Waals surface area (Å²) in [6.07, 6.45) is 0.884. The number of hydrogen-bond donors (Lipinski definition) is 0. The highest BCUT2D eigenvalue weighted by atomic mass is 16.5. The fraction of sp³-hybridized carbons (Fsp3) is 0.318. The lowest BCUT2D eigenvalue weighted by Crippen LogP contribution is -2.33. The fourth-order valence-electron chi connectivity index (χ4n) is 3.30. The third kappa shape index (κ3) is 3.91. The minimum atomic E-state index is 0.0220. The molecule has 0 saturated carbocycles. The molecule has 0 bridgehead atoms. The van der Waals surface area contributed by atoms with Gasteiger partial charge in [0, 0.05) is 30.0 Å². The van der Waals surface area contributed by atoms with Gasteiger partial charge in [0.15, 0.2) is 0 Å². The van der Waals surface area contributed by atoms with E-state index in [-0.39, 0.29) is 17.9 Å². The number of aromatic nitrogens is 2. The van der Waals surface area contributed by atoms with E-state index in [1.165, 1.54) is 0 Å². The van der Waals surface area contributed by atoms with Gasteiger partial charge in [-0.25, -0.2) is 0 Å². The summed E-state index contributed by atoms with van der Waals surface area (Å²) in [5, 5.41) is 4.07. The van der Waals surface area contributed by atoms with Crippen LogP contribution in [0.2, 0.25) is 0 Å². The minimum absolute atomic E-state index is 0.0220. The van der Waals surface area contributed by atoms with E-state index in [1.807, 2.05) is 73.3 Å². The topological polar surface area (TPSA) is 68.5 Å². The number of carbonyl (C=O) groups is 1. The summed E-state index contributed by atoms with van der Waals surface area (Å²) in [7, 11) is 0. The molecule has 1 unspecified atom stereocenters. The van der Waals surface area contributed by atoms with Gasteiger partial charge >= 0.3 is 0 Å². The van der Waals surface area contributed by atoms with Crippen molar-refractivity contribution in [3.63, 3.8) is 0 Å². The van der Waals surface area contributed by atoms with Crippen LogP contribution in [0.5, 0.6) is 5.75 Å². The summed E-state index contributed by atoms with van der Waals surface area (Å²) in [6, 6.07) is 17.3. The summed E-state index contributed by atoms with van der Waals surface area (Å²) in [5.74, 6) is 2.03. The van der Waals surface area contributed by atoms with Crippen LogP contribution in [0.15, 0.2) is 59.1 Å². The van der Waals surface area contributed by atoms with Gasteiger partial charge in [0.25, 0.3) is 5.89 Å². The van der Waals surface area contributed by atoms with Gasteiger partial charge in [-0.05, 0) is 36.4 Å². The molecule has 2 heterocycles. The first-order valence-electron chi connectivity index (χ1n) is 9.55. The molecule has 2 aromatic carbocycles. The highest BCUT2D eigenvalue weighted by Crippen LogP contribution is 2.25. The van der Waals surface area contributed by atoms with Crippen molar-refractivity contribution in [1.82, 2.24) is 15.0 Å². The molecule has 3 aromatic rings. The Balaban J connectivity index is 1.40. The SMILES string of the molecule is CC(C)C(=O)N1CCC(Oc2ccc(-c3noc(-c4ccccc4)n3)cc2)C1.